The molecule has 0 aromatic carbocycles. The van der Waals surface area contributed by atoms with Crippen molar-refractivity contribution in [2.75, 3.05) is 27.9 Å². The quantitative estimate of drug-likeness (QED) is 0.363. The second-order valence-corrected chi connectivity index (χ2v) is 17.8. The van der Waals surface area contributed by atoms with Gasteiger partial charge in [0.1, 0.15) is 18.0 Å². The molecule has 9 heterocycles. The van der Waals surface area contributed by atoms with Crippen LogP contribution in [0.3, 0.4) is 0 Å². The van der Waals surface area contributed by atoms with Gasteiger partial charge in [-0.3, -0.25) is 4.79 Å². The molecular formula is C43H68O12. The van der Waals surface area contributed by atoms with Crippen molar-refractivity contribution in [1.82, 2.24) is 0 Å². The number of hydrogen-bond donors (Lipinski definition) is 2. The van der Waals surface area contributed by atoms with Crippen molar-refractivity contribution in [3.8, 4) is 0 Å². The van der Waals surface area contributed by atoms with Crippen molar-refractivity contribution < 1.29 is 57.6 Å². The Morgan fingerprint density at radius 2 is 1.36 bits per heavy atom. The Labute approximate surface area is 327 Å². The van der Waals surface area contributed by atoms with Gasteiger partial charge in [-0.05, 0) is 68.4 Å². The second-order valence-electron chi connectivity index (χ2n) is 17.8. The lowest BCUT2D eigenvalue weighted by Gasteiger charge is -2.50. The van der Waals surface area contributed by atoms with Crippen LogP contribution in [-0.2, 0) is 47.4 Å². The Morgan fingerprint density at radius 3 is 2.11 bits per heavy atom. The van der Waals surface area contributed by atoms with Gasteiger partial charge in [0, 0.05) is 65.3 Å². The zero-order valence-electron chi connectivity index (χ0n) is 33.8. The Kier molecular flexibility index (Phi) is 13.9. The minimum absolute atomic E-state index is 0.00599. The van der Waals surface area contributed by atoms with Crippen molar-refractivity contribution in [2.45, 2.75) is 195 Å². The van der Waals surface area contributed by atoms with Gasteiger partial charge in [-0.25, -0.2) is 0 Å². The van der Waals surface area contributed by atoms with Crippen LogP contribution in [0.5, 0.6) is 0 Å². The molecule has 0 spiro atoms. The lowest BCUT2D eigenvalue weighted by atomic mass is 9.80. The van der Waals surface area contributed by atoms with Crippen LogP contribution in [0.2, 0.25) is 0 Å². The molecule has 0 aliphatic carbocycles. The number of aliphatic hydroxyl groups is 2. The maximum absolute atomic E-state index is 14.0. The average Bonchev–Trinajstić information content (AvgIpc) is 3.84. The maximum Gasteiger partial charge on any atom is 0.135 e. The molecule has 9 aliphatic rings. The third kappa shape index (κ3) is 9.15. The van der Waals surface area contributed by atoms with E-state index in [4.69, 9.17) is 42.6 Å². The summed E-state index contributed by atoms with van der Waals surface area (Å²) in [6, 6.07) is 0. The number of Topliss-reactive ketones (excluding diaryl/α,β-unsaturated/α-hetero) is 1. The van der Waals surface area contributed by atoms with Gasteiger partial charge in [-0.1, -0.05) is 27.0 Å². The molecule has 9 fully saturated rings. The van der Waals surface area contributed by atoms with Crippen molar-refractivity contribution in [3.05, 3.63) is 24.3 Å². The molecule has 312 valence electrons. The first kappa shape index (κ1) is 41.9. The molecule has 9 aliphatic heterocycles. The first-order valence-corrected chi connectivity index (χ1v) is 21.2. The highest BCUT2D eigenvalue weighted by Crippen LogP contribution is 2.44. The van der Waals surface area contributed by atoms with E-state index in [1.807, 2.05) is 0 Å². The van der Waals surface area contributed by atoms with E-state index >= 15 is 0 Å². The summed E-state index contributed by atoms with van der Waals surface area (Å²) in [7, 11) is 5.12. The van der Waals surface area contributed by atoms with Crippen LogP contribution in [-0.4, -0.2) is 142 Å². The van der Waals surface area contributed by atoms with Crippen LogP contribution in [0, 0.1) is 17.8 Å². The van der Waals surface area contributed by atoms with Crippen LogP contribution in [0.4, 0.5) is 0 Å². The summed E-state index contributed by atoms with van der Waals surface area (Å²) in [5.41, 5.74) is 2.18. The molecule has 19 atom stereocenters. The summed E-state index contributed by atoms with van der Waals surface area (Å²) in [5, 5.41) is 20.1. The number of methoxy groups -OCH3 is 3. The number of ketones is 1. The smallest absolute Gasteiger partial charge is 0.135 e. The van der Waals surface area contributed by atoms with Gasteiger partial charge >= 0.3 is 0 Å². The van der Waals surface area contributed by atoms with Crippen molar-refractivity contribution in [1.29, 1.82) is 0 Å². The predicted octanol–water partition coefficient (Wildman–Crippen LogP) is 4.64. The number of carbonyl (C=O) groups is 1. The molecule has 12 heteroatoms. The van der Waals surface area contributed by atoms with Crippen LogP contribution in [0.15, 0.2) is 24.3 Å². The lowest BCUT2D eigenvalue weighted by molar-refractivity contribution is -0.272. The van der Waals surface area contributed by atoms with Crippen molar-refractivity contribution in [2.24, 2.45) is 17.8 Å². The summed E-state index contributed by atoms with van der Waals surface area (Å²) < 4.78 is 58.6. The highest BCUT2D eigenvalue weighted by Gasteiger charge is 2.54. The molecule has 55 heavy (non-hydrogen) atoms. The number of carbonyl (C=O) groups excluding carboxylic acids is 1. The van der Waals surface area contributed by atoms with Crippen LogP contribution >= 0.6 is 0 Å². The van der Waals surface area contributed by atoms with E-state index in [0.717, 1.165) is 62.5 Å². The van der Waals surface area contributed by atoms with E-state index in [-0.39, 0.29) is 129 Å². The van der Waals surface area contributed by atoms with E-state index in [1.54, 1.807) is 21.3 Å². The first-order chi connectivity index (χ1) is 26.5. The van der Waals surface area contributed by atoms with Gasteiger partial charge in [0.05, 0.1) is 92.1 Å². The van der Waals surface area contributed by atoms with Gasteiger partial charge in [-0.15, -0.1) is 0 Å². The Morgan fingerprint density at radius 1 is 0.691 bits per heavy atom. The summed E-state index contributed by atoms with van der Waals surface area (Å²) in [4.78, 5) is 14.0. The van der Waals surface area contributed by atoms with Crippen molar-refractivity contribution in [3.63, 3.8) is 0 Å². The molecule has 0 aromatic heterocycles. The zero-order chi connectivity index (χ0) is 39.0. The minimum Gasteiger partial charge on any atom is -0.394 e. The summed E-state index contributed by atoms with van der Waals surface area (Å²) >= 11 is 0. The normalized spacial score (nSPS) is 47.7. The Bertz CT molecular complexity index is 1330. The average molecular weight is 777 g/mol. The predicted molar refractivity (Wildman–Crippen MR) is 203 cm³/mol. The van der Waals surface area contributed by atoms with E-state index < -0.39 is 18.3 Å². The van der Waals surface area contributed by atoms with Crippen LogP contribution in [0.25, 0.3) is 0 Å². The molecule has 12 nitrogen and oxygen atoms in total. The van der Waals surface area contributed by atoms with Crippen LogP contribution in [0.1, 0.15) is 97.3 Å². The number of ether oxygens (including phenoxy) is 9. The maximum atomic E-state index is 14.0. The standard InChI is InChI=1S/C43H68O12/c1-22-14-29-10-12-33-23(2)15-28(50-33)8-9-31-19-37(47-5)43(53-31)40-25(4)39(48-6)42-34(55-40)13-11-30(52-42)16-26(45)17-32-36(20-35(51-29)24(22)3)54-38(41(32)49-7)18-27(46)21-44/h22,25,27-44,46H,2-3,8-21H2,1,4-7H3/t22-,25+,27+,28+,29+,30-,31-,32+,33+,34+,35-,36?,37?,38-,39-,40?,41-,42+,43-/m1/s1. The molecule has 0 radical (unpaired) electrons. The highest BCUT2D eigenvalue weighted by molar-refractivity contribution is 5.79. The van der Waals surface area contributed by atoms with Crippen molar-refractivity contribution >= 4 is 5.78 Å². The van der Waals surface area contributed by atoms with Gasteiger partial charge < -0.3 is 52.8 Å². The number of hydrogen-bond acceptors (Lipinski definition) is 12. The van der Waals surface area contributed by atoms with E-state index in [1.165, 1.54) is 0 Å². The topological polar surface area (TPSA) is 141 Å². The highest BCUT2D eigenvalue weighted by atomic mass is 16.6. The van der Waals surface area contributed by atoms with Gasteiger partial charge in [0.25, 0.3) is 0 Å². The molecule has 10 bridgehead atoms. The Balaban J connectivity index is 1.13. The minimum atomic E-state index is -0.955. The fourth-order valence-electron chi connectivity index (χ4n) is 11.1. The third-order valence-electron chi connectivity index (χ3n) is 14.1. The number of fused-ring (bicyclic) bond motifs is 2. The third-order valence-corrected chi connectivity index (χ3v) is 14.1. The van der Waals surface area contributed by atoms with Gasteiger partial charge in [0.15, 0.2) is 0 Å². The molecule has 3 unspecified atom stereocenters. The molecule has 9 rings (SSSR count). The molecule has 0 aromatic rings. The fourth-order valence-corrected chi connectivity index (χ4v) is 11.1. The molecule has 0 amide bonds. The van der Waals surface area contributed by atoms with E-state index in [9.17, 15) is 15.0 Å². The van der Waals surface area contributed by atoms with E-state index in [0.29, 0.717) is 12.8 Å². The number of aliphatic hydroxyl groups excluding tert-OH is 2. The monoisotopic (exact) mass is 776 g/mol. The second kappa shape index (κ2) is 18.3. The van der Waals surface area contributed by atoms with Crippen LogP contribution < -0.4 is 0 Å². The molecular weight excluding hydrogens is 708 g/mol. The first-order valence-electron chi connectivity index (χ1n) is 21.2. The molecule has 9 saturated heterocycles. The van der Waals surface area contributed by atoms with Gasteiger partial charge in [0.2, 0.25) is 0 Å². The number of rotatable bonds is 6. The SMILES string of the molecule is C=C1C[C@@H]2CC[C@@H]3CC(OC)[C@@H](O3)C3O[C@H]4CC[C@H](CC(=O)C[C@H]5C(C[C@H]6O[C@@H](CC[C@@H]1O2)C[C@@H](C)C6=C)O[C@H](C[C@H](O)CO)[C@@H]5OC)O[C@@H]4[C@H](OC)[C@@H]3C. The fraction of sp³-hybridized carbons (Fsp3) is 0.884. The van der Waals surface area contributed by atoms with E-state index in [2.05, 4.69) is 27.0 Å². The van der Waals surface area contributed by atoms with Gasteiger partial charge in [-0.2, -0.15) is 0 Å². The largest absolute Gasteiger partial charge is 0.394 e. The Hall–Kier alpha value is -1.29. The summed E-state index contributed by atoms with van der Waals surface area (Å²) in [5.74, 6) is 0.0402. The summed E-state index contributed by atoms with van der Waals surface area (Å²) in [6.07, 6.45) is 4.86. The molecule has 2 N–H and O–H groups in total. The lowest BCUT2D eigenvalue weighted by Crippen LogP contribution is -2.61. The molecule has 0 saturated carbocycles. The summed E-state index contributed by atoms with van der Waals surface area (Å²) in [6.45, 7) is 12.9. The zero-order valence-corrected chi connectivity index (χ0v) is 33.8.